The number of hydrogen-bond acceptors (Lipinski definition) is 4. The van der Waals surface area contributed by atoms with Crippen molar-refractivity contribution in [2.75, 3.05) is 25.9 Å². The third kappa shape index (κ3) is 2.90. The lowest BCUT2D eigenvalue weighted by molar-refractivity contribution is 0.0654. The van der Waals surface area contributed by atoms with Crippen LogP contribution in [0.4, 0.5) is 0 Å². The van der Waals surface area contributed by atoms with Crippen LogP contribution in [0, 0.1) is 0 Å². The average molecular weight is 268 g/mol. The normalized spacial score (nSPS) is 19.1. The van der Waals surface area contributed by atoms with Gasteiger partial charge in [-0.1, -0.05) is 18.7 Å². The molecule has 1 aromatic rings. The van der Waals surface area contributed by atoms with Crippen LogP contribution in [0.2, 0.25) is 0 Å². The molecule has 2 heterocycles. The standard InChI is InChI=1S/C13H20N2O2S/c1-3-8-15(10-6-7-14-9-10)13(16)11-4-5-12(17-11)18-2/h4-5,10,14H,3,6-9H2,1-2H3. The van der Waals surface area contributed by atoms with Crippen LogP contribution in [-0.2, 0) is 0 Å². The summed E-state index contributed by atoms with van der Waals surface area (Å²) in [5.74, 6) is 0.477. The quantitative estimate of drug-likeness (QED) is 0.832. The molecular weight excluding hydrogens is 248 g/mol. The molecule has 18 heavy (non-hydrogen) atoms. The lowest BCUT2D eigenvalue weighted by Crippen LogP contribution is -2.41. The molecule has 100 valence electrons. The Balaban J connectivity index is 2.11. The number of hydrogen-bond donors (Lipinski definition) is 1. The fourth-order valence-electron chi connectivity index (χ4n) is 2.28. The topological polar surface area (TPSA) is 45.5 Å². The van der Waals surface area contributed by atoms with Gasteiger partial charge in [-0.2, -0.15) is 0 Å². The summed E-state index contributed by atoms with van der Waals surface area (Å²) in [6.07, 6.45) is 3.94. The lowest BCUT2D eigenvalue weighted by atomic mass is 10.2. The summed E-state index contributed by atoms with van der Waals surface area (Å²) in [5, 5.41) is 4.10. The van der Waals surface area contributed by atoms with E-state index >= 15 is 0 Å². The van der Waals surface area contributed by atoms with Gasteiger partial charge in [-0.05, 0) is 37.8 Å². The van der Waals surface area contributed by atoms with Crippen molar-refractivity contribution in [3.8, 4) is 0 Å². The van der Waals surface area contributed by atoms with Crippen molar-refractivity contribution in [3.05, 3.63) is 17.9 Å². The molecule has 0 aliphatic carbocycles. The number of furan rings is 1. The summed E-state index contributed by atoms with van der Waals surface area (Å²) < 4.78 is 5.53. The summed E-state index contributed by atoms with van der Waals surface area (Å²) >= 11 is 1.51. The summed E-state index contributed by atoms with van der Waals surface area (Å²) in [6, 6.07) is 3.94. The molecule has 0 bridgehead atoms. The molecule has 1 atom stereocenters. The molecule has 4 nitrogen and oxygen atoms in total. The fraction of sp³-hybridized carbons (Fsp3) is 0.615. The zero-order valence-electron chi connectivity index (χ0n) is 10.9. The van der Waals surface area contributed by atoms with Gasteiger partial charge >= 0.3 is 0 Å². The Bertz CT molecular complexity index is 399. The third-order valence-electron chi connectivity index (χ3n) is 3.19. The van der Waals surface area contributed by atoms with Crippen LogP contribution < -0.4 is 5.32 Å². The number of carbonyl (C=O) groups is 1. The predicted octanol–water partition coefficient (Wildman–Crippen LogP) is 2.22. The van der Waals surface area contributed by atoms with Crippen LogP contribution in [-0.4, -0.2) is 42.7 Å². The van der Waals surface area contributed by atoms with Gasteiger partial charge in [0, 0.05) is 19.1 Å². The van der Waals surface area contributed by atoms with Gasteiger partial charge in [0.1, 0.15) is 0 Å². The molecular formula is C13H20N2O2S. The Morgan fingerprint density at radius 3 is 3.00 bits per heavy atom. The predicted molar refractivity (Wildman–Crippen MR) is 73.1 cm³/mol. The van der Waals surface area contributed by atoms with Crippen molar-refractivity contribution >= 4 is 17.7 Å². The Morgan fingerprint density at radius 2 is 2.44 bits per heavy atom. The maximum atomic E-state index is 12.4. The number of carbonyl (C=O) groups excluding carboxylic acids is 1. The van der Waals surface area contributed by atoms with Gasteiger partial charge in [0.05, 0.1) is 0 Å². The number of rotatable bonds is 5. The molecule has 2 rings (SSSR count). The second-order valence-electron chi connectivity index (χ2n) is 4.47. The van der Waals surface area contributed by atoms with Crippen molar-refractivity contribution in [1.29, 1.82) is 0 Å². The molecule has 0 aromatic carbocycles. The first-order valence-electron chi connectivity index (χ1n) is 6.41. The van der Waals surface area contributed by atoms with Gasteiger partial charge in [-0.25, -0.2) is 0 Å². The van der Waals surface area contributed by atoms with Crippen LogP contribution in [0.5, 0.6) is 0 Å². The molecule has 0 spiro atoms. The molecule has 1 N–H and O–H groups in total. The van der Waals surface area contributed by atoms with Gasteiger partial charge in [0.15, 0.2) is 10.9 Å². The number of nitrogens with one attached hydrogen (secondary N) is 1. The molecule has 1 saturated heterocycles. The zero-order chi connectivity index (χ0) is 13.0. The minimum absolute atomic E-state index is 0.0193. The van der Waals surface area contributed by atoms with E-state index in [-0.39, 0.29) is 5.91 Å². The van der Waals surface area contributed by atoms with E-state index in [1.807, 2.05) is 17.2 Å². The van der Waals surface area contributed by atoms with Crippen LogP contribution in [0.3, 0.4) is 0 Å². The van der Waals surface area contributed by atoms with E-state index in [1.54, 1.807) is 6.07 Å². The van der Waals surface area contributed by atoms with Crippen molar-refractivity contribution in [3.63, 3.8) is 0 Å². The van der Waals surface area contributed by atoms with Gasteiger partial charge in [-0.15, -0.1) is 0 Å². The SMILES string of the molecule is CCCN(C(=O)c1ccc(SC)o1)C1CCNC1. The van der Waals surface area contributed by atoms with Crippen molar-refractivity contribution in [2.45, 2.75) is 30.9 Å². The smallest absolute Gasteiger partial charge is 0.289 e. The van der Waals surface area contributed by atoms with Crippen LogP contribution in [0.25, 0.3) is 0 Å². The summed E-state index contributed by atoms with van der Waals surface area (Å²) in [5.41, 5.74) is 0. The monoisotopic (exact) mass is 268 g/mol. The second kappa shape index (κ2) is 6.29. The van der Waals surface area contributed by atoms with E-state index in [0.29, 0.717) is 11.8 Å². The maximum absolute atomic E-state index is 12.4. The number of nitrogens with zero attached hydrogens (tertiary/aromatic N) is 1. The number of thioether (sulfide) groups is 1. The molecule has 1 fully saturated rings. The van der Waals surface area contributed by atoms with Gasteiger partial charge < -0.3 is 14.6 Å². The molecule has 0 saturated carbocycles. The highest BCUT2D eigenvalue weighted by molar-refractivity contribution is 7.98. The zero-order valence-corrected chi connectivity index (χ0v) is 11.8. The molecule has 0 radical (unpaired) electrons. The van der Waals surface area contributed by atoms with E-state index in [9.17, 15) is 4.79 Å². The first-order valence-corrected chi connectivity index (χ1v) is 7.64. The first-order chi connectivity index (χ1) is 8.76. The Kier molecular flexibility index (Phi) is 4.72. The van der Waals surface area contributed by atoms with E-state index in [2.05, 4.69) is 12.2 Å². The summed E-state index contributed by atoms with van der Waals surface area (Å²) in [6.45, 7) is 4.77. The molecule has 1 unspecified atom stereocenters. The fourth-order valence-corrected chi connectivity index (χ4v) is 2.66. The number of amides is 1. The Labute approximate surface area is 112 Å². The van der Waals surface area contributed by atoms with Gasteiger partial charge in [-0.3, -0.25) is 4.79 Å². The van der Waals surface area contributed by atoms with Crippen molar-refractivity contribution < 1.29 is 9.21 Å². The van der Waals surface area contributed by atoms with Crippen LogP contribution in [0.1, 0.15) is 30.3 Å². The van der Waals surface area contributed by atoms with Crippen molar-refractivity contribution in [2.24, 2.45) is 0 Å². The van der Waals surface area contributed by atoms with Gasteiger partial charge in [0.2, 0.25) is 0 Å². The average Bonchev–Trinajstić information content (AvgIpc) is 3.05. The van der Waals surface area contributed by atoms with E-state index in [0.717, 1.165) is 37.6 Å². The maximum Gasteiger partial charge on any atom is 0.289 e. The molecule has 5 heteroatoms. The Hall–Kier alpha value is -0.940. The van der Waals surface area contributed by atoms with Crippen LogP contribution in [0.15, 0.2) is 21.6 Å². The van der Waals surface area contributed by atoms with Crippen LogP contribution >= 0.6 is 11.8 Å². The van der Waals surface area contributed by atoms with E-state index in [1.165, 1.54) is 11.8 Å². The molecule has 1 aliphatic rings. The minimum Gasteiger partial charge on any atom is -0.445 e. The minimum atomic E-state index is 0.0193. The van der Waals surface area contributed by atoms with E-state index < -0.39 is 0 Å². The molecule has 1 aliphatic heterocycles. The lowest BCUT2D eigenvalue weighted by Gasteiger charge is -2.27. The van der Waals surface area contributed by atoms with Crippen molar-refractivity contribution in [1.82, 2.24) is 10.2 Å². The molecule has 1 amide bonds. The highest BCUT2D eigenvalue weighted by Crippen LogP contribution is 2.21. The largest absolute Gasteiger partial charge is 0.445 e. The highest BCUT2D eigenvalue weighted by Gasteiger charge is 2.28. The molecule has 1 aromatic heterocycles. The van der Waals surface area contributed by atoms with E-state index in [4.69, 9.17) is 4.42 Å². The first kappa shape index (κ1) is 13.5. The summed E-state index contributed by atoms with van der Waals surface area (Å²) in [7, 11) is 0. The van der Waals surface area contributed by atoms with Gasteiger partial charge in [0.25, 0.3) is 5.91 Å². The third-order valence-corrected chi connectivity index (χ3v) is 3.82. The summed E-state index contributed by atoms with van der Waals surface area (Å²) in [4.78, 5) is 14.4. The second-order valence-corrected chi connectivity index (χ2v) is 5.28. The highest BCUT2D eigenvalue weighted by atomic mass is 32.2. The Morgan fingerprint density at radius 1 is 1.61 bits per heavy atom.